The predicted octanol–water partition coefficient (Wildman–Crippen LogP) is 4.55. The zero-order chi connectivity index (χ0) is 24.8. The number of nitrogens with zero attached hydrogens (tertiary/aromatic N) is 2. The van der Waals surface area contributed by atoms with E-state index in [2.05, 4.69) is 10.3 Å². The van der Waals surface area contributed by atoms with Crippen molar-refractivity contribution in [3.8, 4) is 5.75 Å². The molecule has 3 aromatic rings. The van der Waals surface area contributed by atoms with Crippen molar-refractivity contribution < 1.29 is 24.2 Å². The third-order valence-electron chi connectivity index (χ3n) is 5.31. The van der Waals surface area contributed by atoms with Crippen LogP contribution in [0.3, 0.4) is 0 Å². The molecule has 2 N–H and O–H groups in total. The Morgan fingerprint density at radius 3 is 2.37 bits per heavy atom. The second-order valence-electron chi connectivity index (χ2n) is 7.74. The van der Waals surface area contributed by atoms with Crippen LogP contribution in [0.5, 0.6) is 5.75 Å². The number of benzene rings is 3. The number of amides is 2. The number of carboxylic acids is 1. The molecular formula is C26H23N3O5S. The molecule has 1 aliphatic rings. The molecule has 3 aromatic carbocycles. The molecular weight excluding hydrogens is 466 g/mol. The highest BCUT2D eigenvalue weighted by atomic mass is 32.2. The third kappa shape index (κ3) is 6.07. The molecule has 0 saturated carbocycles. The third-order valence-corrected chi connectivity index (χ3v) is 6.50. The molecule has 8 nitrogen and oxygen atoms in total. The lowest BCUT2D eigenvalue weighted by atomic mass is 10.2. The Kier molecular flexibility index (Phi) is 7.47. The summed E-state index contributed by atoms with van der Waals surface area (Å²) in [7, 11) is 1.58. The molecule has 0 unspecified atom stereocenters. The predicted molar refractivity (Wildman–Crippen MR) is 135 cm³/mol. The summed E-state index contributed by atoms with van der Waals surface area (Å²) in [6.07, 6.45) is 0.0121. The second kappa shape index (κ2) is 10.9. The topological polar surface area (TPSA) is 108 Å². The summed E-state index contributed by atoms with van der Waals surface area (Å²) in [5.74, 6) is -0.919. The van der Waals surface area contributed by atoms with Gasteiger partial charge in [0.25, 0.3) is 0 Å². The molecule has 1 heterocycles. The van der Waals surface area contributed by atoms with E-state index in [-0.39, 0.29) is 23.8 Å². The number of carbonyl (C=O) groups excluding carboxylic acids is 2. The van der Waals surface area contributed by atoms with E-state index < -0.39 is 11.2 Å². The van der Waals surface area contributed by atoms with E-state index in [9.17, 15) is 14.4 Å². The molecule has 0 aromatic heterocycles. The molecule has 0 aliphatic carbocycles. The number of hydrogen-bond donors (Lipinski definition) is 2. The van der Waals surface area contributed by atoms with Crippen LogP contribution in [0.15, 0.2) is 83.9 Å². The molecule has 0 bridgehead atoms. The summed E-state index contributed by atoms with van der Waals surface area (Å²) in [4.78, 5) is 43.5. The van der Waals surface area contributed by atoms with Crippen LogP contribution in [-0.2, 0) is 16.1 Å². The van der Waals surface area contributed by atoms with Gasteiger partial charge in [0.05, 0.1) is 24.9 Å². The molecule has 4 rings (SSSR count). The largest absolute Gasteiger partial charge is 0.497 e. The number of ether oxygens (including phenoxy) is 1. The lowest BCUT2D eigenvalue weighted by Gasteiger charge is -2.32. The number of aliphatic imine (C=N–C) groups is 1. The minimum atomic E-state index is -1.05. The maximum atomic E-state index is 13.2. The molecule has 1 aliphatic heterocycles. The van der Waals surface area contributed by atoms with Gasteiger partial charge in [-0.25, -0.2) is 9.79 Å². The maximum Gasteiger partial charge on any atom is 0.335 e. The van der Waals surface area contributed by atoms with Crippen LogP contribution in [0.25, 0.3) is 0 Å². The van der Waals surface area contributed by atoms with Crippen molar-refractivity contribution in [1.29, 1.82) is 0 Å². The van der Waals surface area contributed by atoms with Crippen LogP contribution >= 0.6 is 11.8 Å². The summed E-state index contributed by atoms with van der Waals surface area (Å²) >= 11 is 1.22. The second-order valence-corrected chi connectivity index (χ2v) is 8.91. The van der Waals surface area contributed by atoms with Gasteiger partial charge in [-0.2, -0.15) is 0 Å². The number of nitrogens with one attached hydrogen (secondary N) is 1. The average molecular weight is 490 g/mol. The Balaban J connectivity index is 1.57. The van der Waals surface area contributed by atoms with E-state index in [4.69, 9.17) is 9.84 Å². The van der Waals surface area contributed by atoms with Gasteiger partial charge < -0.3 is 15.2 Å². The van der Waals surface area contributed by atoms with Gasteiger partial charge in [0.15, 0.2) is 5.17 Å². The van der Waals surface area contributed by atoms with Crippen LogP contribution in [0.4, 0.5) is 11.4 Å². The molecule has 0 radical (unpaired) electrons. The number of carboxylic acid groups (broad SMARTS) is 1. The molecule has 2 amide bonds. The summed E-state index contributed by atoms with van der Waals surface area (Å²) in [6, 6.07) is 22.6. The molecule has 9 heteroatoms. The van der Waals surface area contributed by atoms with Gasteiger partial charge in [-0.05, 0) is 54.1 Å². The zero-order valence-corrected chi connectivity index (χ0v) is 19.7. The first-order chi connectivity index (χ1) is 16.9. The van der Waals surface area contributed by atoms with Crippen molar-refractivity contribution in [2.24, 2.45) is 4.99 Å². The fourth-order valence-electron chi connectivity index (χ4n) is 3.45. The molecule has 35 heavy (non-hydrogen) atoms. The number of thioether (sulfide) groups is 1. The van der Waals surface area contributed by atoms with Gasteiger partial charge in [-0.3, -0.25) is 14.5 Å². The van der Waals surface area contributed by atoms with Crippen molar-refractivity contribution in [1.82, 2.24) is 4.90 Å². The Morgan fingerprint density at radius 1 is 1.06 bits per heavy atom. The number of methoxy groups -OCH3 is 1. The lowest BCUT2D eigenvalue weighted by molar-refractivity contribution is -0.129. The van der Waals surface area contributed by atoms with E-state index >= 15 is 0 Å². The summed E-state index contributed by atoms with van der Waals surface area (Å²) in [6.45, 7) is 0.340. The molecule has 1 saturated heterocycles. The molecule has 178 valence electrons. The van der Waals surface area contributed by atoms with Crippen molar-refractivity contribution in [2.45, 2.75) is 18.2 Å². The van der Waals surface area contributed by atoms with Crippen LogP contribution in [0.1, 0.15) is 22.3 Å². The van der Waals surface area contributed by atoms with Crippen molar-refractivity contribution in [2.75, 3.05) is 12.4 Å². The van der Waals surface area contributed by atoms with Gasteiger partial charge in [0, 0.05) is 12.1 Å². The fourth-order valence-corrected chi connectivity index (χ4v) is 4.55. The average Bonchev–Trinajstić information content (AvgIpc) is 2.87. The van der Waals surface area contributed by atoms with Crippen LogP contribution in [0, 0.1) is 0 Å². The van der Waals surface area contributed by atoms with Gasteiger partial charge in [-0.15, -0.1) is 0 Å². The minimum absolute atomic E-state index is 0.0121. The number of amidine groups is 1. The first-order valence-corrected chi connectivity index (χ1v) is 11.7. The van der Waals surface area contributed by atoms with E-state index in [1.807, 2.05) is 30.3 Å². The number of aromatic carboxylic acids is 1. The monoisotopic (exact) mass is 489 g/mol. The van der Waals surface area contributed by atoms with Gasteiger partial charge in [-0.1, -0.05) is 42.1 Å². The molecule has 1 fully saturated rings. The number of rotatable bonds is 7. The Bertz CT molecular complexity index is 1240. The number of carbonyl (C=O) groups is 3. The van der Waals surface area contributed by atoms with Crippen molar-refractivity contribution in [3.05, 3.63) is 90.0 Å². The van der Waals surface area contributed by atoms with Gasteiger partial charge in [0.2, 0.25) is 11.8 Å². The SMILES string of the molecule is COc1ccc(N=C2S[C@H](C(=O)Nc3ccc(C(=O)O)cc3)CC(=O)N2Cc2ccccc2)cc1. The standard InChI is InChI=1S/C26H23N3O5S/c1-34-21-13-11-20(12-14-21)28-26-29(16-17-5-3-2-4-6-17)23(30)15-22(35-26)24(31)27-19-9-7-18(8-10-19)25(32)33/h2-14,22H,15-16H2,1H3,(H,27,31)(H,32,33)/t22-/m0/s1. The Morgan fingerprint density at radius 2 is 1.74 bits per heavy atom. The van der Waals surface area contributed by atoms with E-state index in [1.54, 1.807) is 36.3 Å². The van der Waals surface area contributed by atoms with Crippen LogP contribution < -0.4 is 10.1 Å². The molecule has 0 spiro atoms. The summed E-state index contributed by atoms with van der Waals surface area (Å²) in [5.41, 5.74) is 2.15. The van der Waals surface area contributed by atoms with Crippen LogP contribution in [0.2, 0.25) is 0 Å². The van der Waals surface area contributed by atoms with E-state index in [1.165, 1.54) is 36.0 Å². The maximum absolute atomic E-state index is 13.2. The fraction of sp³-hybridized carbons (Fsp3) is 0.154. The van der Waals surface area contributed by atoms with Crippen molar-refractivity contribution >= 4 is 46.1 Å². The quantitative estimate of drug-likeness (QED) is 0.504. The van der Waals surface area contributed by atoms with Crippen LogP contribution in [-0.4, -0.2) is 45.3 Å². The Labute approximate surface area is 206 Å². The zero-order valence-electron chi connectivity index (χ0n) is 18.9. The van der Waals surface area contributed by atoms with Crippen molar-refractivity contribution in [3.63, 3.8) is 0 Å². The minimum Gasteiger partial charge on any atom is -0.497 e. The Hall–Kier alpha value is -4.11. The lowest BCUT2D eigenvalue weighted by Crippen LogP contribution is -2.44. The number of hydrogen-bond acceptors (Lipinski definition) is 6. The first kappa shape index (κ1) is 24.0. The molecule has 1 atom stereocenters. The summed E-state index contributed by atoms with van der Waals surface area (Å²) in [5, 5.41) is 11.6. The first-order valence-electron chi connectivity index (χ1n) is 10.8. The van der Waals surface area contributed by atoms with E-state index in [0.29, 0.717) is 28.8 Å². The number of anilines is 1. The van der Waals surface area contributed by atoms with Gasteiger partial charge in [0.1, 0.15) is 11.0 Å². The summed E-state index contributed by atoms with van der Waals surface area (Å²) < 4.78 is 5.20. The normalized spacial score (nSPS) is 16.7. The highest BCUT2D eigenvalue weighted by Crippen LogP contribution is 2.31. The highest BCUT2D eigenvalue weighted by Gasteiger charge is 2.36. The van der Waals surface area contributed by atoms with Gasteiger partial charge >= 0.3 is 5.97 Å². The van der Waals surface area contributed by atoms with E-state index in [0.717, 1.165) is 5.56 Å². The highest BCUT2D eigenvalue weighted by molar-refractivity contribution is 8.15. The smallest absolute Gasteiger partial charge is 0.335 e.